The first-order valence-corrected chi connectivity index (χ1v) is 8.29. The highest BCUT2D eigenvalue weighted by atomic mass is 16.3. The average molecular weight is 352 g/mol. The van der Waals surface area contributed by atoms with E-state index in [1.807, 2.05) is 38.1 Å². The van der Waals surface area contributed by atoms with Crippen molar-refractivity contribution < 1.29 is 14.0 Å². The molecule has 0 aliphatic rings. The fraction of sp³-hybridized carbons (Fsp3) is 0.211. The van der Waals surface area contributed by atoms with Gasteiger partial charge in [-0.15, -0.1) is 0 Å². The van der Waals surface area contributed by atoms with Crippen LogP contribution in [0.2, 0.25) is 0 Å². The molecule has 0 fully saturated rings. The molecule has 7 heteroatoms. The van der Waals surface area contributed by atoms with E-state index in [0.717, 1.165) is 11.3 Å². The summed E-state index contributed by atoms with van der Waals surface area (Å²) in [6.45, 7) is 3.74. The lowest BCUT2D eigenvalue weighted by molar-refractivity contribution is -0.118. The molecule has 3 N–H and O–H groups in total. The van der Waals surface area contributed by atoms with E-state index in [1.54, 1.807) is 24.4 Å². The molecule has 0 spiro atoms. The number of hydrogen-bond donors (Lipinski definition) is 3. The second-order valence-electron chi connectivity index (χ2n) is 6.21. The minimum atomic E-state index is -0.691. The van der Waals surface area contributed by atoms with Gasteiger partial charge in [0.2, 0.25) is 5.91 Å². The number of benzene rings is 1. The van der Waals surface area contributed by atoms with Crippen LogP contribution in [-0.2, 0) is 4.79 Å². The van der Waals surface area contributed by atoms with Crippen molar-refractivity contribution >= 4 is 17.5 Å². The summed E-state index contributed by atoms with van der Waals surface area (Å²) in [5.74, 6) is -0.633. The predicted octanol–water partition coefficient (Wildman–Crippen LogP) is 3.06. The van der Waals surface area contributed by atoms with Crippen molar-refractivity contribution in [3.8, 4) is 11.3 Å². The molecule has 1 unspecified atom stereocenters. The molecular weight excluding hydrogens is 332 g/mol. The summed E-state index contributed by atoms with van der Waals surface area (Å²) < 4.78 is 5.08. The number of nitrogens with one attached hydrogen (secondary N) is 3. The number of amides is 2. The van der Waals surface area contributed by atoms with E-state index in [1.165, 1.54) is 6.26 Å². The van der Waals surface area contributed by atoms with Gasteiger partial charge in [0.1, 0.15) is 6.04 Å². The van der Waals surface area contributed by atoms with Gasteiger partial charge in [0.15, 0.2) is 5.76 Å². The highest BCUT2D eigenvalue weighted by Crippen LogP contribution is 2.20. The second-order valence-corrected chi connectivity index (χ2v) is 6.21. The van der Waals surface area contributed by atoms with E-state index >= 15 is 0 Å². The molecule has 0 bridgehead atoms. The summed E-state index contributed by atoms with van der Waals surface area (Å²) in [7, 11) is 0. The molecule has 0 saturated carbocycles. The highest BCUT2D eigenvalue weighted by Gasteiger charge is 2.25. The van der Waals surface area contributed by atoms with Gasteiger partial charge in [0.25, 0.3) is 5.91 Å². The van der Waals surface area contributed by atoms with Crippen molar-refractivity contribution in [2.45, 2.75) is 19.9 Å². The fourth-order valence-electron chi connectivity index (χ4n) is 2.56. The van der Waals surface area contributed by atoms with Crippen molar-refractivity contribution in [1.29, 1.82) is 0 Å². The predicted molar refractivity (Wildman–Crippen MR) is 97.5 cm³/mol. The monoisotopic (exact) mass is 352 g/mol. The minimum absolute atomic E-state index is 0.0929. The molecular formula is C19H20N4O3. The summed E-state index contributed by atoms with van der Waals surface area (Å²) in [5, 5.41) is 12.4. The minimum Gasteiger partial charge on any atom is -0.459 e. The van der Waals surface area contributed by atoms with Crippen LogP contribution in [0.5, 0.6) is 0 Å². The SMILES string of the molecule is CC(C)C(NC(=O)c1ccco1)C(=O)Nc1cccc(-c2ccn[nH]2)c1. The first-order chi connectivity index (χ1) is 12.5. The van der Waals surface area contributed by atoms with Gasteiger partial charge in [0.05, 0.1) is 12.0 Å². The third kappa shape index (κ3) is 4.00. The van der Waals surface area contributed by atoms with Gasteiger partial charge in [-0.25, -0.2) is 0 Å². The van der Waals surface area contributed by atoms with Crippen LogP contribution in [0.15, 0.2) is 59.3 Å². The Morgan fingerprint density at radius 3 is 2.65 bits per heavy atom. The number of carbonyl (C=O) groups excluding carboxylic acids is 2. The third-order valence-electron chi connectivity index (χ3n) is 3.92. The van der Waals surface area contributed by atoms with Crippen molar-refractivity contribution in [2.75, 3.05) is 5.32 Å². The lowest BCUT2D eigenvalue weighted by Gasteiger charge is -2.21. The number of rotatable bonds is 6. The van der Waals surface area contributed by atoms with Crippen LogP contribution < -0.4 is 10.6 Å². The third-order valence-corrected chi connectivity index (χ3v) is 3.92. The second kappa shape index (κ2) is 7.69. The summed E-state index contributed by atoms with van der Waals surface area (Å²) in [5.41, 5.74) is 2.40. The summed E-state index contributed by atoms with van der Waals surface area (Å²) in [6.07, 6.45) is 3.08. The maximum Gasteiger partial charge on any atom is 0.287 e. The van der Waals surface area contributed by atoms with Gasteiger partial charge in [0, 0.05) is 17.4 Å². The number of hydrogen-bond acceptors (Lipinski definition) is 4. The molecule has 2 heterocycles. The zero-order valence-corrected chi connectivity index (χ0v) is 14.5. The maximum atomic E-state index is 12.7. The number of anilines is 1. The normalized spacial score (nSPS) is 12.0. The van der Waals surface area contributed by atoms with Crippen molar-refractivity contribution in [3.63, 3.8) is 0 Å². The van der Waals surface area contributed by atoms with E-state index in [0.29, 0.717) is 5.69 Å². The smallest absolute Gasteiger partial charge is 0.287 e. The van der Waals surface area contributed by atoms with Gasteiger partial charge >= 0.3 is 0 Å². The zero-order valence-electron chi connectivity index (χ0n) is 14.5. The van der Waals surface area contributed by atoms with E-state index < -0.39 is 11.9 Å². The summed E-state index contributed by atoms with van der Waals surface area (Å²) in [4.78, 5) is 24.9. The molecule has 2 amide bonds. The number of aromatic nitrogens is 2. The van der Waals surface area contributed by atoms with Crippen LogP contribution in [0.1, 0.15) is 24.4 Å². The average Bonchev–Trinajstić information content (AvgIpc) is 3.32. The summed E-state index contributed by atoms with van der Waals surface area (Å²) >= 11 is 0. The van der Waals surface area contributed by atoms with Crippen LogP contribution in [-0.4, -0.2) is 28.1 Å². The first kappa shape index (κ1) is 17.5. The standard InChI is InChI=1S/C19H20N4O3/c1-12(2)17(22-18(24)16-7-4-10-26-16)19(25)21-14-6-3-5-13(11-14)15-8-9-20-23-15/h3-12,17H,1-2H3,(H,20,23)(H,21,25)(H,22,24). The number of carbonyl (C=O) groups is 2. The Balaban J connectivity index is 1.72. The molecule has 3 rings (SSSR count). The first-order valence-electron chi connectivity index (χ1n) is 8.29. The molecule has 0 saturated heterocycles. The topological polar surface area (TPSA) is 100 Å². The van der Waals surface area contributed by atoms with E-state index in [4.69, 9.17) is 4.42 Å². The van der Waals surface area contributed by atoms with Crippen molar-refractivity contribution in [3.05, 3.63) is 60.7 Å². The molecule has 1 aromatic carbocycles. The molecule has 1 atom stereocenters. The van der Waals surface area contributed by atoms with E-state index in [9.17, 15) is 9.59 Å². The van der Waals surface area contributed by atoms with Crippen LogP contribution in [0.4, 0.5) is 5.69 Å². The Hall–Kier alpha value is -3.35. The largest absolute Gasteiger partial charge is 0.459 e. The van der Waals surface area contributed by atoms with Crippen LogP contribution in [0, 0.1) is 5.92 Å². The van der Waals surface area contributed by atoms with Crippen LogP contribution >= 0.6 is 0 Å². The van der Waals surface area contributed by atoms with Gasteiger partial charge in [-0.05, 0) is 36.2 Å². The molecule has 0 radical (unpaired) electrons. The van der Waals surface area contributed by atoms with Gasteiger partial charge in [-0.2, -0.15) is 5.10 Å². The number of aromatic amines is 1. The Bertz CT molecular complexity index is 870. The van der Waals surface area contributed by atoms with Crippen molar-refractivity contribution in [2.24, 2.45) is 5.92 Å². The summed E-state index contributed by atoms with van der Waals surface area (Å²) in [6, 6.07) is 11.7. The molecule has 0 aliphatic heterocycles. The van der Waals surface area contributed by atoms with Gasteiger partial charge < -0.3 is 15.1 Å². The molecule has 0 aliphatic carbocycles. The van der Waals surface area contributed by atoms with E-state index in [-0.39, 0.29) is 17.6 Å². The van der Waals surface area contributed by atoms with Crippen LogP contribution in [0.25, 0.3) is 11.3 Å². The molecule has 7 nitrogen and oxygen atoms in total. The maximum absolute atomic E-state index is 12.7. The highest BCUT2D eigenvalue weighted by molar-refractivity contribution is 6.00. The number of H-pyrrole nitrogens is 1. The molecule has 3 aromatic rings. The Morgan fingerprint density at radius 1 is 1.15 bits per heavy atom. The van der Waals surface area contributed by atoms with Crippen molar-refractivity contribution in [1.82, 2.24) is 15.5 Å². The molecule has 26 heavy (non-hydrogen) atoms. The lowest BCUT2D eigenvalue weighted by atomic mass is 10.0. The number of furan rings is 1. The molecule has 2 aromatic heterocycles. The van der Waals surface area contributed by atoms with Gasteiger partial charge in [-0.3, -0.25) is 14.7 Å². The Kier molecular flexibility index (Phi) is 5.17. The van der Waals surface area contributed by atoms with Gasteiger partial charge in [-0.1, -0.05) is 26.0 Å². The Morgan fingerprint density at radius 2 is 2.00 bits per heavy atom. The van der Waals surface area contributed by atoms with Crippen LogP contribution in [0.3, 0.4) is 0 Å². The lowest BCUT2D eigenvalue weighted by Crippen LogP contribution is -2.47. The quantitative estimate of drug-likeness (QED) is 0.635. The Labute approximate surface area is 150 Å². The fourth-order valence-corrected chi connectivity index (χ4v) is 2.56. The number of nitrogens with zero attached hydrogens (tertiary/aromatic N) is 1. The molecule has 134 valence electrons. The zero-order chi connectivity index (χ0) is 18.5. The van der Waals surface area contributed by atoms with E-state index in [2.05, 4.69) is 20.8 Å².